The molecular weight excluding hydrogens is 260 g/mol. The van der Waals surface area contributed by atoms with E-state index in [-0.39, 0.29) is 18.6 Å². The molecule has 0 heterocycles. The van der Waals surface area contributed by atoms with E-state index in [0.29, 0.717) is 17.1 Å². The monoisotopic (exact) mass is 280 g/mol. The first-order valence-electron chi connectivity index (χ1n) is 6.22. The molecule has 0 bridgehead atoms. The van der Waals surface area contributed by atoms with Crippen LogP contribution in [0.2, 0.25) is 0 Å². The fourth-order valence-electron chi connectivity index (χ4n) is 1.62. The first kappa shape index (κ1) is 16.1. The number of methoxy groups -OCH3 is 2. The fourth-order valence-corrected chi connectivity index (χ4v) is 1.62. The molecule has 1 aromatic rings. The summed E-state index contributed by atoms with van der Waals surface area (Å²) in [6, 6.07) is 4.70. The quantitative estimate of drug-likeness (QED) is 0.436. The molecule has 0 amide bonds. The van der Waals surface area contributed by atoms with E-state index in [1.165, 1.54) is 20.3 Å². The molecule has 0 atom stereocenters. The van der Waals surface area contributed by atoms with Crippen molar-refractivity contribution in [2.75, 3.05) is 14.2 Å². The molecule has 0 spiro atoms. The molecule has 0 unspecified atom stereocenters. The minimum Gasteiger partial charge on any atom is -0.493 e. The average molecular weight is 280 g/mol. The van der Waals surface area contributed by atoms with Gasteiger partial charge in [-0.2, -0.15) is 0 Å². The van der Waals surface area contributed by atoms with Crippen molar-refractivity contribution in [3.8, 4) is 11.5 Å². The van der Waals surface area contributed by atoms with Crippen LogP contribution in [0.4, 0.5) is 0 Å². The summed E-state index contributed by atoms with van der Waals surface area (Å²) >= 11 is 0. The highest BCUT2D eigenvalue weighted by atomic mass is 16.5. The van der Waals surface area contributed by atoms with Crippen LogP contribution in [0.25, 0.3) is 0 Å². The maximum absolute atomic E-state index is 12.1. The molecule has 110 valence electrons. The maximum atomic E-state index is 12.1. The Bertz CT molecular complexity index is 512. The normalized spacial score (nSPS) is 11.1. The average Bonchev–Trinajstić information content (AvgIpc) is 2.46. The van der Waals surface area contributed by atoms with Crippen LogP contribution in [0.1, 0.15) is 30.1 Å². The number of ketones is 2. The highest BCUT2D eigenvalue weighted by Gasteiger charge is 2.28. The zero-order valence-corrected chi connectivity index (χ0v) is 11.9. The van der Waals surface area contributed by atoms with E-state index in [1.54, 1.807) is 19.1 Å². The number of carbonyl (C=O) groups excluding carboxylic acids is 2. The van der Waals surface area contributed by atoms with Gasteiger partial charge in [-0.3, -0.25) is 9.59 Å². The molecule has 0 aliphatic carbocycles. The number of hydrogen-bond acceptors (Lipinski definition) is 6. The van der Waals surface area contributed by atoms with Gasteiger partial charge in [-0.05, 0) is 24.6 Å². The number of Topliss-reactive ketones (excluding diaryl/α,β-unsaturated/α-hetero) is 2. The van der Waals surface area contributed by atoms with Crippen LogP contribution in [0.15, 0.2) is 18.2 Å². The summed E-state index contributed by atoms with van der Waals surface area (Å²) in [6.07, 6.45) is -0.0681. The van der Waals surface area contributed by atoms with Crippen molar-refractivity contribution in [2.45, 2.75) is 25.4 Å². The Labute approximate surface area is 118 Å². The largest absolute Gasteiger partial charge is 0.493 e. The second kappa shape index (κ2) is 6.49. The van der Waals surface area contributed by atoms with Gasteiger partial charge in [0.05, 0.1) is 20.6 Å². The van der Waals surface area contributed by atoms with Crippen LogP contribution < -0.4 is 20.9 Å². The Balaban J connectivity index is 2.91. The van der Waals surface area contributed by atoms with Gasteiger partial charge in [0.15, 0.2) is 23.1 Å². The number of benzene rings is 1. The number of ether oxygens (including phenoxy) is 2. The summed E-state index contributed by atoms with van der Waals surface area (Å²) in [6.45, 7) is 1.69. The third-order valence-electron chi connectivity index (χ3n) is 3.13. The Hall–Kier alpha value is -1.92. The summed E-state index contributed by atoms with van der Waals surface area (Å²) in [5, 5.41) is 0. The molecule has 1 aromatic carbocycles. The molecule has 6 heteroatoms. The lowest BCUT2D eigenvalue weighted by molar-refractivity contribution is -0.123. The van der Waals surface area contributed by atoms with Crippen LogP contribution in [0, 0.1) is 0 Å². The van der Waals surface area contributed by atoms with Crippen molar-refractivity contribution >= 4 is 11.6 Å². The smallest absolute Gasteiger partial charge is 0.174 e. The molecule has 0 saturated heterocycles. The van der Waals surface area contributed by atoms with Crippen molar-refractivity contribution in [1.82, 2.24) is 0 Å². The molecule has 0 radical (unpaired) electrons. The third kappa shape index (κ3) is 3.55. The predicted molar refractivity (Wildman–Crippen MR) is 74.9 cm³/mol. The van der Waals surface area contributed by atoms with Gasteiger partial charge in [0, 0.05) is 5.56 Å². The Morgan fingerprint density at radius 1 is 1.15 bits per heavy atom. The molecule has 20 heavy (non-hydrogen) atoms. The molecule has 0 fully saturated rings. The first-order chi connectivity index (χ1) is 9.35. The third-order valence-corrected chi connectivity index (χ3v) is 3.13. The van der Waals surface area contributed by atoms with E-state index in [4.69, 9.17) is 20.9 Å². The zero-order chi connectivity index (χ0) is 15.3. The van der Waals surface area contributed by atoms with Crippen molar-refractivity contribution in [2.24, 2.45) is 11.5 Å². The van der Waals surface area contributed by atoms with Crippen LogP contribution in [-0.2, 0) is 4.79 Å². The molecule has 6 nitrogen and oxygen atoms in total. The summed E-state index contributed by atoms with van der Waals surface area (Å²) in [5.74, 6) is 0.0912. The minimum atomic E-state index is -1.47. The Morgan fingerprint density at radius 2 is 1.75 bits per heavy atom. The molecule has 0 aliphatic rings. The second-order valence-electron chi connectivity index (χ2n) is 4.49. The molecule has 0 aromatic heterocycles. The van der Waals surface area contributed by atoms with Gasteiger partial charge in [0.25, 0.3) is 0 Å². The fraction of sp³-hybridized carbons (Fsp3) is 0.429. The summed E-state index contributed by atoms with van der Waals surface area (Å²) in [7, 11) is 2.97. The highest BCUT2D eigenvalue weighted by Crippen LogP contribution is 2.28. The first-order valence-corrected chi connectivity index (χ1v) is 6.22. The van der Waals surface area contributed by atoms with E-state index in [0.717, 1.165) is 0 Å². The second-order valence-corrected chi connectivity index (χ2v) is 4.49. The molecule has 0 saturated carbocycles. The molecular formula is C14H20N2O4. The SMILES string of the molecule is CCC(N)(N)C(=O)CC(=O)c1ccc(OC)c(OC)c1. The summed E-state index contributed by atoms with van der Waals surface area (Å²) in [4.78, 5) is 23.9. The van der Waals surface area contributed by atoms with Crippen LogP contribution in [-0.4, -0.2) is 31.4 Å². The van der Waals surface area contributed by atoms with Gasteiger partial charge >= 0.3 is 0 Å². The van der Waals surface area contributed by atoms with Gasteiger partial charge < -0.3 is 20.9 Å². The number of rotatable bonds is 7. The minimum absolute atomic E-state index is 0.269. The number of hydrogen-bond donors (Lipinski definition) is 2. The standard InChI is InChI=1S/C14H20N2O4/c1-4-14(15,16)13(18)8-10(17)9-5-6-11(19-2)12(7-9)20-3/h5-7H,4,8,15-16H2,1-3H3. The van der Waals surface area contributed by atoms with Crippen molar-refractivity contribution in [3.63, 3.8) is 0 Å². The van der Waals surface area contributed by atoms with Crippen LogP contribution >= 0.6 is 0 Å². The van der Waals surface area contributed by atoms with E-state index >= 15 is 0 Å². The molecule has 4 N–H and O–H groups in total. The number of nitrogens with two attached hydrogens (primary N) is 2. The lowest BCUT2D eigenvalue weighted by Crippen LogP contribution is -2.56. The Kier molecular flexibility index (Phi) is 5.24. The van der Waals surface area contributed by atoms with Gasteiger partial charge in [-0.1, -0.05) is 6.92 Å². The predicted octanol–water partition coefficient (Wildman–Crippen LogP) is 0.869. The molecule has 1 rings (SSSR count). The highest BCUT2D eigenvalue weighted by molar-refractivity contribution is 6.10. The zero-order valence-electron chi connectivity index (χ0n) is 11.9. The molecule has 0 aliphatic heterocycles. The van der Waals surface area contributed by atoms with Crippen molar-refractivity contribution < 1.29 is 19.1 Å². The van der Waals surface area contributed by atoms with Crippen molar-refractivity contribution in [3.05, 3.63) is 23.8 Å². The van der Waals surface area contributed by atoms with Gasteiger partial charge in [-0.15, -0.1) is 0 Å². The Morgan fingerprint density at radius 3 is 2.25 bits per heavy atom. The van der Waals surface area contributed by atoms with Gasteiger partial charge in [0.2, 0.25) is 0 Å². The van der Waals surface area contributed by atoms with Crippen molar-refractivity contribution in [1.29, 1.82) is 0 Å². The topological polar surface area (TPSA) is 105 Å². The van der Waals surface area contributed by atoms with E-state index in [9.17, 15) is 9.59 Å². The lowest BCUT2D eigenvalue weighted by atomic mass is 9.96. The maximum Gasteiger partial charge on any atom is 0.174 e. The van der Waals surface area contributed by atoms with E-state index < -0.39 is 11.4 Å². The summed E-state index contributed by atoms with van der Waals surface area (Å²) in [5.41, 5.74) is 10.1. The van der Waals surface area contributed by atoms with Gasteiger partial charge in [0.1, 0.15) is 5.66 Å². The summed E-state index contributed by atoms with van der Waals surface area (Å²) < 4.78 is 10.2. The number of carbonyl (C=O) groups is 2. The van der Waals surface area contributed by atoms with Crippen LogP contribution in [0.5, 0.6) is 11.5 Å². The van der Waals surface area contributed by atoms with Crippen LogP contribution in [0.3, 0.4) is 0 Å². The van der Waals surface area contributed by atoms with Gasteiger partial charge in [-0.25, -0.2) is 0 Å². The van der Waals surface area contributed by atoms with E-state index in [1.807, 2.05) is 0 Å². The van der Waals surface area contributed by atoms with E-state index in [2.05, 4.69) is 0 Å². The lowest BCUT2D eigenvalue weighted by Gasteiger charge is -2.20.